The van der Waals surface area contributed by atoms with Gasteiger partial charge in [0.2, 0.25) is 0 Å². The van der Waals surface area contributed by atoms with Gasteiger partial charge >= 0.3 is 5.97 Å². The third-order valence-corrected chi connectivity index (χ3v) is 6.04. The molecule has 8 heteroatoms. The summed E-state index contributed by atoms with van der Waals surface area (Å²) in [5.74, 6) is -4.06. The van der Waals surface area contributed by atoms with Crippen LogP contribution in [0.15, 0.2) is 0 Å². The van der Waals surface area contributed by atoms with E-state index in [1.54, 1.807) is 13.8 Å². The molecule has 1 rings (SSSR count). The molecule has 1 aliphatic heterocycles. The quantitative estimate of drug-likeness (QED) is 0.503. The van der Waals surface area contributed by atoms with Gasteiger partial charge in [-0.05, 0) is 19.3 Å². The summed E-state index contributed by atoms with van der Waals surface area (Å²) < 4.78 is 5.21. The summed E-state index contributed by atoms with van der Waals surface area (Å²) in [6.45, 7) is 7.06. The molecule has 4 atom stereocenters. The largest absolute Gasteiger partial charge is 0.480 e. The van der Waals surface area contributed by atoms with E-state index >= 15 is 0 Å². The van der Waals surface area contributed by atoms with Crippen molar-refractivity contribution in [3.8, 4) is 0 Å². The number of aliphatic hydroxyl groups excluding tert-OH is 1. The Hall–Kier alpha value is -0.830. The Morgan fingerprint density at radius 1 is 1.40 bits per heavy atom. The van der Waals surface area contributed by atoms with Gasteiger partial charge in [0, 0.05) is 16.9 Å². The number of thioether (sulfide) groups is 1. The van der Waals surface area contributed by atoms with Crippen molar-refractivity contribution >= 4 is 23.6 Å². The van der Waals surface area contributed by atoms with Crippen molar-refractivity contribution in [1.29, 1.82) is 0 Å². The van der Waals surface area contributed by atoms with E-state index in [0.717, 1.165) is 24.2 Å². The number of ether oxygens (including phenoxy) is 1. The predicted molar refractivity (Wildman–Crippen MR) is 96.1 cm³/mol. The molecule has 1 saturated heterocycles. The lowest BCUT2D eigenvalue weighted by Crippen LogP contribution is -2.50. The molecule has 0 spiro atoms. The van der Waals surface area contributed by atoms with E-state index in [2.05, 4.69) is 0 Å². The zero-order chi connectivity index (χ0) is 19.2. The zero-order valence-electron chi connectivity index (χ0n) is 15.5. The maximum atomic E-state index is 12.4. The topological polar surface area (TPSA) is 107 Å². The minimum Gasteiger partial charge on any atom is -0.480 e. The number of carboxylic acids is 1. The molecule has 0 aromatic carbocycles. The predicted octanol–water partition coefficient (Wildman–Crippen LogP) is 1.66. The van der Waals surface area contributed by atoms with Crippen LogP contribution >= 0.6 is 11.8 Å². The van der Waals surface area contributed by atoms with E-state index in [1.807, 2.05) is 13.8 Å². The molecular weight excluding hydrogens is 346 g/mol. The van der Waals surface area contributed by atoms with Gasteiger partial charge in [0.25, 0.3) is 11.7 Å². The van der Waals surface area contributed by atoms with E-state index in [9.17, 15) is 24.9 Å². The fourth-order valence-electron chi connectivity index (χ4n) is 2.77. The standard InChI is InChI=1S/C17H31NO6S/c1-5-7-12(19)8-13(6-2)25-9-14(15(20)21)18-10-24-17(23,11(3)4)16(18)22/h11-14,19,23H,5-10H2,1-4H3,(H,20,21)/t12-,13+,14-,17+/m1/s1. The van der Waals surface area contributed by atoms with Crippen LogP contribution in [0.1, 0.15) is 53.4 Å². The minimum atomic E-state index is -1.96. The highest BCUT2D eigenvalue weighted by molar-refractivity contribution is 7.99. The molecule has 1 amide bonds. The van der Waals surface area contributed by atoms with Gasteiger partial charge in [0.15, 0.2) is 0 Å². The third kappa shape index (κ3) is 5.57. The van der Waals surface area contributed by atoms with Crippen molar-refractivity contribution < 1.29 is 29.6 Å². The molecule has 0 saturated carbocycles. The number of nitrogens with zero attached hydrogens (tertiary/aromatic N) is 1. The van der Waals surface area contributed by atoms with Crippen LogP contribution in [0.25, 0.3) is 0 Å². The van der Waals surface area contributed by atoms with Crippen molar-refractivity contribution in [2.45, 2.75) is 76.6 Å². The maximum Gasteiger partial charge on any atom is 0.327 e. The van der Waals surface area contributed by atoms with Crippen molar-refractivity contribution in [2.75, 3.05) is 12.5 Å². The monoisotopic (exact) mass is 377 g/mol. The summed E-state index contributed by atoms with van der Waals surface area (Å²) >= 11 is 1.44. The Bertz CT molecular complexity index is 460. The van der Waals surface area contributed by atoms with Crippen molar-refractivity contribution in [2.24, 2.45) is 5.92 Å². The second-order valence-corrected chi connectivity index (χ2v) is 8.13. The highest BCUT2D eigenvalue weighted by Crippen LogP contribution is 2.31. The summed E-state index contributed by atoms with van der Waals surface area (Å²) in [7, 11) is 0. The van der Waals surface area contributed by atoms with Crippen molar-refractivity contribution in [3.63, 3.8) is 0 Å². The second-order valence-electron chi connectivity index (χ2n) is 6.80. The summed E-state index contributed by atoms with van der Waals surface area (Å²) in [5.41, 5.74) is 0. The van der Waals surface area contributed by atoms with Crippen LogP contribution in [0, 0.1) is 5.92 Å². The van der Waals surface area contributed by atoms with Crippen LogP contribution in [0.2, 0.25) is 0 Å². The number of hydrogen-bond donors (Lipinski definition) is 3. The molecule has 7 nitrogen and oxygen atoms in total. The number of amides is 1. The van der Waals surface area contributed by atoms with Crippen molar-refractivity contribution in [1.82, 2.24) is 4.90 Å². The van der Waals surface area contributed by atoms with Gasteiger partial charge in [-0.3, -0.25) is 9.69 Å². The van der Waals surface area contributed by atoms with Gasteiger partial charge in [-0.1, -0.05) is 34.1 Å². The van der Waals surface area contributed by atoms with Gasteiger partial charge in [0.1, 0.15) is 12.8 Å². The summed E-state index contributed by atoms with van der Waals surface area (Å²) in [6, 6.07) is -1.07. The fourth-order valence-corrected chi connectivity index (χ4v) is 4.14. The molecule has 0 aromatic rings. The van der Waals surface area contributed by atoms with E-state index in [4.69, 9.17) is 4.74 Å². The highest BCUT2D eigenvalue weighted by Gasteiger charge is 2.52. The fraction of sp³-hybridized carbons (Fsp3) is 0.882. The molecule has 3 N–H and O–H groups in total. The van der Waals surface area contributed by atoms with E-state index in [-0.39, 0.29) is 17.7 Å². The van der Waals surface area contributed by atoms with Crippen LogP contribution in [-0.2, 0) is 14.3 Å². The van der Waals surface area contributed by atoms with Gasteiger partial charge in [0.05, 0.1) is 6.10 Å². The molecule has 0 unspecified atom stereocenters. The Kier molecular flexibility index (Phi) is 8.67. The van der Waals surface area contributed by atoms with Crippen LogP contribution in [0.4, 0.5) is 0 Å². The van der Waals surface area contributed by atoms with Gasteiger partial charge in [-0.2, -0.15) is 11.8 Å². The minimum absolute atomic E-state index is 0.117. The Morgan fingerprint density at radius 2 is 2.04 bits per heavy atom. The number of carbonyl (C=O) groups is 2. The lowest BCUT2D eigenvalue weighted by molar-refractivity contribution is -0.200. The molecular formula is C17H31NO6S. The molecule has 25 heavy (non-hydrogen) atoms. The molecule has 0 radical (unpaired) electrons. The average Bonchev–Trinajstić information content (AvgIpc) is 2.84. The number of aliphatic carboxylic acids is 1. The number of carboxylic acid groups (broad SMARTS) is 1. The first-order chi connectivity index (χ1) is 11.7. The smallest absolute Gasteiger partial charge is 0.327 e. The lowest BCUT2D eigenvalue weighted by atomic mass is 10.0. The lowest BCUT2D eigenvalue weighted by Gasteiger charge is -2.27. The first-order valence-corrected chi connectivity index (χ1v) is 9.92. The molecule has 146 valence electrons. The van der Waals surface area contributed by atoms with Gasteiger partial charge in [-0.25, -0.2) is 4.79 Å². The van der Waals surface area contributed by atoms with Gasteiger partial charge < -0.3 is 20.1 Å². The molecule has 1 heterocycles. The zero-order valence-corrected chi connectivity index (χ0v) is 16.3. The normalized spacial score (nSPS) is 24.6. The van der Waals surface area contributed by atoms with Crippen LogP contribution in [0.3, 0.4) is 0 Å². The van der Waals surface area contributed by atoms with Crippen LogP contribution in [0.5, 0.6) is 0 Å². The molecule has 0 bridgehead atoms. The summed E-state index contributed by atoms with van der Waals surface area (Å²) in [5, 5.41) is 29.9. The molecule has 0 aliphatic carbocycles. The third-order valence-electron chi connectivity index (χ3n) is 4.54. The second kappa shape index (κ2) is 9.75. The first-order valence-electron chi connectivity index (χ1n) is 8.87. The maximum absolute atomic E-state index is 12.4. The summed E-state index contributed by atoms with van der Waals surface area (Å²) in [4.78, 5) is 25.2. The number of aliphatic hydroxyl groups is 2. The SMILES string of the molecule is CCC[C@@H](O)C[C@H](CC)SC[C@H](C(=O)O)N1CO[C@@](O)(C(C)C)C1=O. The van der Waals surface area contributed by atoms with E-state index < -0.39 is 35.7 Å². The number of carbonyl (C=O) groups excluding carboxylic acids is 1. The highest BCUT2D eigenvalue weighted by atomic mass is 32.2. The van der Waals surface area contributed by atoms with Crippen LogP contribution in [-0.4, -0.2) is 67.8 Å². The van der Waals surface area contributed by atoms with E-state index in [1.165, 1.54) is 11.8 Å². The van der Waals surface area contributed by atoms with Gasteiger partial charge in [-0.15, -0.1) is 0 Å². The molecule has 1 aliphatic rings. The number of hydrogen-bond acceptors (Lipinski definition) is 6. The average molecular weight is 378 g/mol. The van der Waals surface area contributed by atoms with Crippen LogP contribution < -0.4 is 0 Å². The molecule has 0 aromatic heterocycles. The first kappa shape index (κ1) is 22.2. The van der Waals surface area contributed by atoms with Crippen molar-refractivity contribution in [3.05, 3.63) is 0 Å². The Labute approximate surface area is 153 Å². The number of rotatable bonds is 11. The van der Waals surface area contributed by atoms with E-state index in [0.29, 0.717) is 6.42 Å². The Morgan fingerprint density at radius 3 is 2.48 bits per heavy atom. The summed E-state index contributed by atoms with van der Waals surface area (Å²) in [6.07, 6.45) is 2.63. The molecule has 1 fully saturated rings. The Balaban J connectivity index is 2.72.